The van der Waals surface area contributed by atoms with Gasteiger partial charge in [0.25, 0.3) is 0 Å². The van der Waals surface area contributed by atoms with E-state index >= 15 is 0 Å². The molecule has 11 heteroatoms. The van der Waals surface area contributed by atoms with Gasteiger partial charge >= 0.3 is 0 Å². The number of amides is 3. The number of aromatic nitrogens is 1. The molecule has 0 radical (unpaired) electrons. The zero-order valence-electron chi connectivity index (χ0n) is 24.6. The second kappa shape index (κ2) is 13.7. The Morgan fingerprint density at radius 1 is 0.976 bits per heavy atom. The van der Waals surface area contributed by atoms with Crippen LogP contribution >= 0.6 is 0 Å². The van der Waals surface area contributed by atoms with Gasteiger partial charge < -0.3 is 29.4 Å². The monoisotopic (exact) mass is 566 g/mol. The summed E-state index contributed by atoms with van der Waals surface area (Å²) >= 11 is 0. The Morgan fingerprint density at radius 3 is 2.27 bits per heavy atom. The van der Waals surface area contributed by atoms with Crippen LogP contribution < -0.4 is 29.7 Å². The number of aryl methyl sites for hydroxylation is 1. The van der Waals surface area contributed by atoms with E-state index in [-0.39, 0.29) is 18.7 Å². The molecule has 0 unspecified atom stereocenters. The van der Waals surface area contributed by atoms with Crippen molar-refractivity contribution >= 4 is 29.2 Å². The molecule has 3 amide bonds. The van der Waals surface area contributed by atoms with Gasteiger partial charge in [0, 0.05) is 30.0 Å². The summed E-state index contributed by atoms with van der Waals surface area (Å²) in [5, 5.41) is 9.45. The number of hydrogen-bond acceptors (Lipinski definition) is 8. The highest BCUT2D eigenvalue weighted by Gasteiger charge is 2.38. The number of methoxy groups -OCH3 is 3. The summed E-state index contributed by atoms with van der Waals surface area (Å²) in [5.41, 5.74) is 0.178. The van der Waals surface area contributed by atoms with Crippen molar-refractivity contribution in [1.82, 2.24) is 10.5 Å². The van der Waals surface area contributed by atoms with Crippen LogP contribution in [0.3, 0.4) is 0 Å². The Balaban J connectivity index is 2.11. The number of nitrogens with one attached hydrogen (secondary N) is 2. The molecule has 0 saturated carbocycles. The van der Waals surface area contributed by atoms with Gasteiger partial charge in [-0.2, -0.15) is 0 Å². The summed E-state index contributed by atoms with van der Waals surface area (Å²) in [5.74, 6) is 0.502. The lowest BCUT2D eigenvalue weighted by Gasteiger charge is -2.35. The summed E-state index contributed by atoms with van der Waals surface area (Å²) < 4.78 is 21.8. The highest BCUT2D eigenvalue weighted by molar-refractivity contribution is 6.04. The fourth-order valence-corrected chi connectivity index (χ4v) is 4.23. The van der Waals surface area contributed by atoms with Gasteiger partial charge in [-0.1, -0.05) is 36.3 Å². The summed E-state index contributed by atoms with van der Waals surface area (Å²) in [6.45, 7) is 7.46. The van der Waals surface area contributed by atoms with E-state index in [4.69, 9.17) is 18.7 Å². The third-order valence-corrected chi connectivity index (χ3v) is 6.65. The molecule has 2 N–H and O–H groups in total. The van der Waals surface area contributed by atoms with Gasteiger partial charge in [0.1, 0.15) is 17.6 Å². The van der Waals surface area contributed by atoms with Gasteiger partial charge in [0.15, 0.2) is 17.3 Å². The largest absolute Gasteiger partial charge is 0.495 e. The van der Waals surface area contributed by atoms with Gasteiger partial charge in [-0.3, -0.25) is 19.3 Å². The first kappa shape index (κ1) is 31.0. The molecular formula is C30H38N4O7. The summed E-state index contributed by atoms with van der Waals surface area (Å²) in [6, 6.07) is 12.4. The van der Waals surface area contributed by atoms with Crippen molar-refractivity contribution < 1.29 is 33.1 Å². The number of carbonyl (C=O) groups is 3. The van der Waals surface area contributed by atoms with Crippen LogP contribution in [-0.2, 0) is 14.4 Å². The Bertz CT molecular complexity index is 1370. The van der Waals surface area contributed by atoms with Crippen LogP contribution in [0.1, 0.15) is 57.4 Å². The van der Waals surface area contributed by atoms with Crippen molar-refractivity contribution in [2.75, 3.05) is 31.5 Å². The number of anilines is 2. The molecule has 1 heterocycles. The second-order valence-corrected chi connectivity index (χ2v) is 10.0. The molecule has 2 aromatic carbocycles. The second-order valence-electron chi connectivity index (χ2n) is 10.0. The molecule has 0 bridgehead atoms. The summed E-state index contributed by atoms with van der Waals surface area (Å²) in [4.78, 5) is 42.3. The average Bonchev–Trinajstić information content (AvgIpc) is 3.37. The van der Waals surface area contributed by atoms with Crippen molar-refractivity contribution in [2.45, 2.75) is 58.5 Å². The number of hydrogen-bond donors (Lipinski definition) is 2. The lowest BCUT2D eigenvalue weighted by Crippen LogP contribution is -2.50. The van der Waals surface area contributed by atoms with E-state index in [9.17, 15) is 14.4 Å². The normalized spacial score (nSPS) is 11.8. The van der Waals surface area contributed by atoms with Gasteiger partial charge in [0.2, 0.25) is 17.7 Å². The maximum atomic E-state index is 14.1. The van der Waals surface area contributed by atoms with E-state index < -0.39 is 29.3 Å². The summed E-state index contributed by atoms with van der Waals surface area (Å²) in [7, 11) is 4.45. The third kappa shape index (κ3) is 7.56. The molecule has 1 atom stereocenters. The van der Waals surface area contributed by atoms with E-state index in [1.165, 1.54) is 26.2 Å². The SMILES string of the molecule is CCC(C)(C)NC(=O)[C@H](c1cccc(OC)c1OC)N(C(=O)CCC(=O)Nc1cc(C)on1)c1ccccc1OC. The number of carbonyl (C=O) groups excluding carboxylic acids is 3. The maximum Gasteiger partial charge on any atom is 0.248 e. The van der Waals surface area contributed by atoms with E-state index in [2.05, 4.69) is 15.8 Å². The average molecular weight is 567 g/mol. The zero-order chi connectivity index (χ0) is 30.2. The van der Waals surface area contributed by atoms with Gasteiger partial charge in [-0.15, -0.1) is 0 Å². The van der Waals surface area contributed by atoms with Crippen LogP contribution in [0.25, 0.3) is 0 Å². The lowest BCUT2D eigenvalue weighted by atomic mass is 9.97. The molecule has 11 nitrogen and oxygen atoms in total. The van der Waals surface area contributed by atoms with Crippen LogP contribution in [-0.4, -0.2) is 49.7 Å². The molecule has 0 aliphatic rings. The Kier molecular flexibility index (Phi) is 10.3. The van der Waals surface area contributed by atoms with Crippen molar-refractivity contribution in [3.8, 4) is 17.2 Å². The van der Waals surface area contributed by atoms with Crippen LogP contribution in [0.4, 0.5) is 11.5 Å². The van der Waals surface area contributed by atoms with Crippen LogP contribution in [0.2, 0.25) is 0 Å². The predicted octanol–water partition coefficient (Wildman–Crippen LogP) is 4.81. The fourth-order valence-electron chi connectivity index (χ4n) is 4.23. The molecule has 1 aromatic heterocycles. The minimum atomic E-state index is -1.20. The smallest absolute Gasteiger partial charge is 0.248 e. The highest BCUT2D eigenvalue weighted by atomic mass is 16.5. The van der Waals surface area contributed by atoms with Crippen LogP contribution in [0.15, 0.2) is 53.1 Å². The number of benzene rings is 2. The van der Waals surface area contributed by atoms with Crippen LogP contribution in [0.5, 0.6) is 17.2 Å². The molecule has 220 valence electrons. The molecular weight excluding hydrogens is 528 g/mol. The quantitative estimate of drug-likeness (QED) is 0.301. The molecule has 3 aromatic rings. The number of rotatable bonds is 13. The maximum absolute atomic E-state index is 14.1. The van der Waals surface area contributed by atoms with Crippen LogP contribution in [0, 0.1) is 6.92 Å². The number of ether oxygens (including phenoxy) is 3. The molecule has 0 aliphatic carbocycles. The minimum absolute atomic E-state index is 0.166. The topological polar surface area (TPSA) is 132 Å². The molecule has 0 spiro atoms. The van der Waals surface area contributed by atoms with Crippen molar-refractivity contribution in [2.24, 2.45) is 0 Å². The zero-order valence-corrected chi connectivity index (χ0v) is 24.6. The first-order valence-electron chi connectivity index (χ1n) is 13.3. The molecule has 41 heavy (non-hydrogen) atoms. The molecule has 0 saturated heterocycles. The summed E-state index contributed by atoms with van der Waals surface area (Å²) in [6.07, 6.45) is 0.263. The first-order valence-corrected chi connectivity index (χ1v) is 13.3. The third-order valence-electron chi connectivity index (χ3n) is 6.65. The number of nitrogens with zero attached hydrogens (tertiary/aromatic N) is 2. The first-order chi connectivity index (χ1) is 19.5. The Morgan fingerprint density at radius 2 is 1.66 bits per heavy atom. The van der Waals surface area contributed by atoms with E-state index in [0.717, 1.165) is 0 Å². The molecule has 0 fully saturated rings. The Hall–Kier alpha value is -4.54. The standard InChI is InChI=1S/C30H38N4O7/c1-8-30(3,4)32-29(37)27(20-12-11-15-23(39-6)28(20)40-7)34(21-13-9-10-14-22(21)38-5)26(36)17-16-25(35)31-24-18-19(2)41-33-24/h9-15,18,27H,8,16-17H2,1-7H3,(H,32,37)(H,31,33,35)/t27-/m0/s1. The predicted molar refractivity (Wildman–Crippen MR) is 154 cm³/mol. The molecule has 3 rings (SSSR count). The van der Waals surface area contributed by atoms with E-state index in [0.29, 0.717) is 40.7 Å². The van der Waals surface area contributed by atoms with Crippen molar-refractivity contribution in [3.63, 3.8) is 0 Å². The van der Waals surface area contributed by atoms with Gasteiger partial charge in [0.05, 0.1) is 27.0 Å². The van der Waals surface area contributed by atoms with E-state index in [1.54, 1.807) is 55.5 Å². The van der Waals surface area contributed by atoms with E-state index in [1.807, 2.05) is 20.8 Å². The number of para-hydroxylation sites is 3. The highest BCUT2D eigenvalue weighted by Crippen LogP contribution is 2.41. The lowest BCUT2D eigenvalue weighted by molar-refractivity contribution is -0.128. The van der Waals surface area contributed by atoms with Gasteiger partial charge in [-0.05, 0) is 45.4 Å². The Labute approximate surface area is 240 Å². The van der Waals surface area contributed by atoms with Crippen molar-refractivity contribution in [3.05, 3.63) is 59.9 Å². The molecule has 0 aliphatic heterocycles. The minimum Gasteiger partial charge on any atom is -0.495 e. The fraction of sp³-hybridized carbons (Fsp3) is 0.400. The van der Waals surface area contributed by atoms with Gasteiger partial charge in [-0.25, -0.2) is 0 Å². The van der Waals surface area contributed by atoms with Crippen molar-refractivity contribution in [1.29, 1.82) is 0 Å².